The van der Waals surface area contributed by atoms with E-state index in [-0.39, 0.29) is 23.3 Å². The molecule has 0 saturated carbocycles. The number of carbonyl (C=O) groups excluding carboxylic acids is 2. The number of amides is 2. The minimum atomic E-state index is -0.388. The Kier molecular flexibility index (Phi) is 11.5. The standard InChI is InChI=1S/C48H42N4O6/c1-29-30(2)44(28-58-38-21-15-36(16-22-38)48(56)52-50-26-42-40-12-8-6-10-34(40)18-24-46(42)54)32(4)31(3)43(29)27-57-37-19-13-35(14-20-37)47(55)51-49-25-41-39-11-7-5-9-33(39)17-23-45(41)53/h5-26,53-54H,27-28H2,1-4H3,(H,51,55)(H,52,56)/b49-25+,50-26+. The van der Waals surface area contributed by atoms with Crippen LogP contribution in [0.1, 0.15) is 65.2 Å². The summed E-state index contributed by atoms with van der Waals surface area (Å²) < 4.78 is 12.4. The molecule has 0 aliphatic rings. The lowest BCUT2D eigenvalue weighted by molar-refractivity contribution is 0.0947. The van der Waals surface area contributed by atoms with Gasteiger partial charge in [-0.2, -0.15) is 10.2 Å². The van der Waals surface area contributed by atoms with Gasteiger partial charge in [0.05, 0.1) is 12.4 Å². The van der Waals surface area contributed by atoms with Crippen LogP contribution in [-0.2, 0) is 13.2 Å². The monoisotopic (exact) mass is 770 g/mol. The number of hydrogen-bond donors (Lipinski definition) is 4. The third-order valence-electron chi connectivity index (χ3n) is 10.5. The third-order valence-corrected chi connectivity index (χ3v) is 10.5. The number of carbonyl (C=O) groups is 2. The summed E-state index contributed by atoms with van der Waals surface area (Å²) in [5.41, 5.74) is 13.5. The number of benzene rings is 7. The van der Waals surface area contributed by atoms with Crippen LogP contribution >= 0.6 is 0 Å². The number of rotatable bonds is 12. The molecule has 0 atom stereocenters. The van der Waals surface area contributed by atoms with Crippen molar-refractivity contribution in [1.82, 2.24) is 10.9 Å². The maximum atomic E-state index is 12.8. The number of aromatic hydroxyl groups is 2. The molecule has 0 spiro atoms. The minimum absolute atomic E-state index is 0.0765. The fourth-order valence-corrected chi connectivity index (χ4v) is 6.90. The zero-order valence-electron chi connectivity index (χ0n) is 32.5. The van der Waals surface area contributed by atoms with Crippen molar-refractivity contribution >= 4 is 45.8 Å². The Hall–Kier alpha value is -7.46. The number of phenols is 2. The minimum Gasteiger partial charge on any atom is -0.507 e. The highest BCUT2D eigenvalue weighted by molar-refractivity contribution is 6.04. The van der Waals surface area contributed by atoms with Crippen LogP contribution in [0, 0.1) is 27.7 Å². The molecular formula is C48H42N4O6. The van der Waals surface area contributed by atoms with E-state index in [4.69, 9.17) is 9.47 Å². The van der Waals surface area contributed by atoms with Gasteiger partial charge in [-0.3, -0.25) is 9.59 Å². The van der Waals surface area contributed by atoms with Crippen molar-refractivity contribution < 1.29 is 29.3 Å². The van der Waals surface area contributed by atoms with Gasteiger partial charge in [0.15, 0.2) is 0 Å². The summed E-state index contributed by atoms with van der Waals surface area (Å²) in [6, 6.07) is 35.9. The van der Waals surface area contributed by atoms with Crippen LogP contribution in [0.5, 0.6) is 23.0 Å². The number of nitrogens with one attached hydrogen (secondary N) is 2. The molecule has 10 nitrogen and oxygen atoms in total. The quantitative estimate of drug-likeness (QED) is 0.0721. The van der Waals surface area contributed by atoms with Gasteiger partial charge < -0.3 is 19.7 Å². The maximum absolute atomic E-state index is 12.8. The van der Waals surface area contributed by atoms with Gasteiger partial charge in [0.25, 0.3) is 11.8 Å². The highest BCUT2D eigenvalue weighted by Crippen LogP contribution is 2.30. The Bertz CT molecular complexity index is 2510. The SMILES string of the molecule is Cc1c(C)c(COc2ccc(C(=O)N/N=C/c3c(O)ccc4ccccc34)cc2)c(C)c(C)c1COc1ccc(C(=O)N/N=C/c2c(O)ccc3ccccc23)cc1. The number of phenolic OH excluding ortho intramolecular Hbond substituents is 2. The Morgan fingerprint density at radius 1 is 0.517 bits per heavy atom. The second-order valence-electron chi connectivity index (χ2n) is 13.9. The average Bonchev–Trinajstić information content (AvgIpc) is 3.24. The van der Waals surface area contributed by atoms with Gasteiger partial charge in [-0.05, 0) is 143 Å². The molecule has 10 heteroatoms. The Balaban J connectivity index is 0.929. The van der Waals surface area contributed by atoms with E-state index < -0.39 is 0 Å². The number of hydrazone groups is 2. The van der Waals surface area contributed by atoms with Crippen molar-refractivity contribution in [1.29, 1.82) is 0 Å². The molecule has 7 aromatic carbocycles. The summed E-state index contributed by atoms with van der Waals surface area (Å²) in [6.45, 7) is 9.00. The predicted molar refractivity (Wildman–Crippen MR) is 228 cm³/mol. The van der Waals surface area contributed by atoms with E-state index in [0.29, 0.717) is 47.0 Å². The summed E-state index contributed by atoms with van der Waals surface area (Å²) >= 11 is 0. The largest absolute Gasteiger partial charge is 0.507 e. The van der Waals surface area contributed by atoms with Crippen LogP contribution in [0.3, 0.4) is 0 Å². The normalized spacial score (nSPS) is 11.4. The summed E-state index contributed by atoms with van der Waals surface area (Å²) in [4.78, 5) is 25.6. The van der Waals surface area contributed by atoms with Crippen molar-refractivity contribution in [3.63, 3.8) is 0 Å². The first-order chi connectivity index (χ1) is 28.1. The van der Waals surface area contributed by atoms with Gasteiger partial charge in [-0.1, -0.05) is 60.7 Å². The van der Waals surface area contributed by atoms with Gasteiger partial charge in [0, 0.05) is 22.3 Å². The molecule has 0 unspecified atom stereocenters. The first kappa shape index (κ1) is 38.8. The van der Waals surface area contributed by atoms with E-state index in [1.165, 1.54) is 12.4 Å². The van der Waals surface area contributed by atoms with Gasteiger partial charge in [0.2, 0.25) is 0 Å². The van der Waals surface area contributed by atoms with E-state index in [0.717, 1.165) is 54.9 Å². The predicted octanol–water partition coefficient (Wildman–Crippen LogP) is 9.32. The van der Waals surface area contributed by atoms with Crippen LogP contribution in [0.15, 0.2) is 132 Å². The number of nitrogens with zero attached hydrogens (tertiary/aromatic N) is 2. The second-order valence-corrected chi connectivity index (χ2v) is 13.9. The van der Waals surface area contributed by atoms with Crippen molar-refractivity contribution in [2.45, 2.75) is 40.9 Å². The molecule has 4 N–H and O–H groups in total. The van der Waals surface area contributed by atoms with E-state index >= 15 is 0 Å². The van der Waals surface area contributed by atoms with Crippen molar-refractivity contribution in [3.05, 3.63) is 177 Å². The van der Waals surface area contributed by atoms with E-state index in [1.54, 1.807) is 60.7 Å². The van der Waals surface area contributed by atoms with Gasteiger partial charge >= 0.3 is 0 Å². The number of hydrogen-bond acceptors (Lipinski definition) is 8. The van der Waals surface area contributed by atoms with Crippen molar-refractivity contribution in [2.24, 2.45) is 10.2 Å². The molecule has 58 heavy (non-hydrogen) atoms. The first-order valence-corrected chi connectivity index (χ1v) is 18.7. The van der Waals surface area contributed by atoms with Crippen LogP contribution in [0.4, 0.5) is 0 Å². The molecule has 2 amide bonds. The summed E-state index contributed by atoms with van der Waals surface area (Å²) in [5.74, 6) is 0.617. The summed E-state index contributed by atoms with van der Waals surface area (Å²) in [6.07, 6.45) is 2.89. The second kappa shape index (κ2) is 17.1. The third kappa shape index (κ3) is 8.36. The molecule has 0 saturated heterocycles. The molecule has 0 radical (unpaired) electrons. The van der Waals surface area contributed by atoms with Gasteiger partial charge in [-0.25, -0.2) is 10.9 Å². The molecule has 0 aliphatic carbocycles. The number of ether oxygens (including phenoxy) is 2. The summed E-state index contributed by atoms with van der Waals surface area (Å²) in [5, 5.41) is 32.4. The van der Waals surface area contributed by atoms with Gasteiger partial charge in [-0.15, -0.1) is 0 Å². The highest BCUT2D eigenvalue weighted by atomic mass is 16.5. The van der Waals surface area contributed by atoms with E-state index in [1.807, 2.05) is 60.7 Å². The van der Waals surface area contributed by atoms with E-state index in [2.05, 4.69) is 48.7 Å². The molecule has 0 aromatic heterocycles. The lowest BCUT2D eigenvalue weighted by atomic mass is 9.89. The Morgan fingerprint density at radius 3 is 1.26 bits per heavy atom. The van der Waals surface area contributed by atoms with Crippen molar-refractivity contribution in [2.75, 3.05) is 0 Å². The van der Waals surface area contributed by atoms with Crippen LogP contribution < -0.4 is 20.3 Å². The summed E-state index contributed by atoms with van der Waals surface area (Å²) in [7, 11) is 0. The zero-order chi connectivity index (χ0) is 40.8. The lowest BCUT2D eigenvalue weighted by Gasteiger charge is -2.21. The van der Waals surface area contributed by atoms with E-state index in [9.17, 15) is 19.8 Å². The smallest absolute Gasteiger partial charge is 0.271 e. The molecule has 0 fully saturated rings. The van der Waals surface area contributed by atoms with Crippen LogP contribution in [0.25, 0.3) is 21.5 Å². The topological polar surface area (TPSA) is 142 Å². The lowest BCUT2D eigenvalue weighted by Crippen LogP contribution is -2.17. The maximum Gasteiger partial charge on any atom is 0.271 e. The average molecular weight is 771 g/mol. The van der Waals surface area contributed by atoms with Crippen LogP contribution in [-0.4, -0.2) is 34.5 Å². The molecular weight excluding hydrogens is 729 g/mol. The zero-order valence-corrected chi connectivity index (χ0v) is 32.5. The fourth-order valence-electron chi connectivity index (χ4n) is 6.90. The number of fused-ring (bicyclic) bond motifs is 2. The molecule has 0 bridgehead atoms. The molecule has 7 rings (SSSR count). The Morgan fingerprint density at radius 2 is 0.879 bits per heavy atom. The van der Waals surface area contributed by atoms with Crippen molar-refractivity contribution in [3.8, 4) is 23.0 Å². The van der Waals surface area contributed by atoms with Crippen LogP contribution in [0.2, 0.25) is 0 Å². The fraction of sp³-hybridized carbons (Fsp3) is 0.125. The molecule has 0 aliphatic heterocycles. The molecule has 0 heterocycles. The van der Waals surface area contributed by atoms with Gasteiger partial charge in [0.1, 0.15) is 36.2 Å². The highest BCUT2D eigenvalue weighted by Gasteiger charge is 2.17. The Labute approximate surface area is 336 Å². The molecule has 290 valence electrons. The first-order valence-electron chi connectivity index (χ1n) is 18.7. The molecule has 7 aromatic rings.